The summed E-state index contributed by atoms with van der Waals surface area (Å²) in [5.74, 6) is -1.30. The molecule has 0 bridgehead atoms. The second-order valence-corrected chi connectivity index (χ2v) is 7.86. The molecule has 1 fully saturated rings. The van der Waals surface area contributed by atoms with Gasteiger partial charge in [-0.2, -0.15) is 0 Å². The molecule has 9 nitrogen and oxygen atoms in total. The molecule has 0 radical (unpaired) electrons. The van der Waals surface area contributed by atoms with Crippen LogP contribution in [0, 0.1) is 10.1 Å². The molecule has 9 heteroatoms. The number of allylic oxidation sites excluding steroid dienone is 3. The van der Waals surface area contributed by atoms with Crippen LogP contribution in [0.3, 0.4) is 0 Å². The first-order valence-electron chi connectivity index (χ1n) is 10.4. The van der Waals surface area contributed by atoms with Crippen LogP contribution in [-0.2, 0) is 19.1 Å². The summed E-state index contributed by atoms with van der Waals surface area (Å²) in [7, 11) is 1.29. The first-order chi connectivity index (χ1) is 14.9. The quantitative estimate of drug-likeness (QED) is 0.443. The number of ether oxygens (including phenoxy) is 2. The molecule has 4 rings (SSSR count). The number of anilines is 1. The Hall–Kier alpha value is -3.20. The number of carbonyl (C=O) groups is 2. The second-order valence-electron chi connectivity index (χ2n) is 7.86. The van der Waals surface area contributed by atoms with E-state index in [1.54, 1.807) is 19.1 Å². The maximum Gasteiger partial charge on any atom is 0.336 e. The Labute approximate surface area is 179 Å². The number of hydrogen-bond donors (Lipinski definition) is 1. The zero-order valence-corrected chi connectivity index (χ0v) is 17.6. The largest absolute Gasteiger partial charge is 0.466 e. The number of morpholine rings is 1. The summed E-state index contributed by atoms with van der Waals surface area (Å²) < 4.78 is 10.4. The van der Waals surface area contributed by atoms with Crippen molar-refractivity contribution in [1.82, 2.24) is 5.32 Å². The normalized spacial score (nSPS) is 21.5. The lowest BCUT2D eigenvalue weighted by Gasteiger charge is -2.34. The Bertz CT molecular complexity index is 1010. The number of nitro benzene ring substituents is 1. The molecular formula is C22H25N3O6. The van der Waals surface area contributed by atoms with Crippen LogP contribution >= 0.6 is 0 Å². The van der Waals surface area contributed by atoms with E-state index < -0.39 is 16.8 Å². The van der Waals surface area contributed by atoms with Gasteiger partial charge >= 0.3 is 5.97 Å². The monoisotopic (exact) mass is 427 g/mol. The Morgan fingerprint density at radius 2 is 2.03 bits per heavy atom. The molecule has 0 spiro atoms. The van der Waals surface area contributed by atoms with Crippen molar-refractivity contribution in [1.29, 1.82) is 0 Å². The van der Waals surface area contributed by atoms with Crippen LogP contribution in [-0.4, -0.2) is 50.1 Å². The molecule has 1 aromatic carbocycles. The molecule has 0 saturated carbocycles. The van der Waals surface area contributed by atoms with Crippen LogP contribution in [0.1, 0.15) is 37.7 Å². The van der Waals surface area contributed by atoms with Gasteiger partial charge in [-0.1, -0.05) is 6.07 Å². The second kappa shape index (κ2) is 8.50. The molecule has 0 unspecified atom stereocenters. The average Bonchev–Trinajstić information content (AvgIpc) is 2.78. The highest BCUT2D eigenvalue weighted by Crippen LogP contribution is 2.44. The summed E-state index contributed by atoms with van der Waals surface area (Å²) in [6.07, 6.45) is 1.81. The Kier molecular flexibility index (Phi) is 5.77. The number of benzene rings is 1. The fourth-order valence-electron chi connectivity index (χ4n) is 4.64. The number of nitro groups is 1. The smallest absolute Gasteiger partial charge is 0.336 e. The Morgan fingerprint density at radius 3 is 2.71 bits per heavy atom. The number of hydrogen-bond acceptors (Lipinski definition) is 8. The first-order valence-corrected chi connectivity index (χ1v) is 10.4. The minimum atomic E-state index is -0.700. The van der Waals surface area contributed by atoms with Gasteiger partial charge in [0.2, 0.25) is 0 Å². The van der Waals surface area contributed by atoms with E-state index in [2.05, 4.69) is 5.32 Å². The molecule has 0 amide bonds. The summed E-state index contributed by atoms with van der Waals surface area (Å²) >= 11 is 0. The van der Waals surface area contributed by atoms with E-state index in [1.807, 2.05) is 4.90 Å². The van der Waals surface area contributed by atoms with E-state index in [4.69, 9.17) is 9.47 Å². The molecule has 1 aliphatic carbocycles. The first kappa shape index (κ1) is 21.0. The summed E-state index contributed by atoms with van der Waals surface area (Å²) in [6.45, 7) is 3.90. The Balaban J connectivity index is 1.86. The number of nitrogens with zero attached hydrogens (tertiary/aromatic N) is 2. The predicted octanol–water partition coefficient (Wildman–Crippen LogP) is 2.57. The fourth-order valence-corrected chi connectivity index (χ4v) is 4.64. The van der Waals surface area contributed by atoms with Crippen molar-refractivity contribution in [2.75, 3.05) is 38.3 Å². The van der Waals surface area contributed by atoms with Gasteiger partial charge in [0.25, 0.3) is 5.69 Å². The molecule has 31 heavy (non-hydrogen) atoms. The van der Waals surface area contributed by atoms with Crippen LogP contribution in [0.25, 0.3) is 0 Å². The summed E-state index contributed by atoms with van der Waals surface area (Å²) in [5.41, 5.74) is 3.19. The van der Waals surface area contributed by atoms with E-state index in [1.165, 1.54) is 13.2 Å². The van der Waals surface area contributed by atoms with Gasteiger partial charge in [-0.3, -0.25) is 14.9 Å². The summed E-state index contributed by atoms with van der Waals surface area (Å²) in [5, 5.41) is 15.1. The van der Waals surface area contributed by atoms with E-state index in [0.717, 1.165) is 12.1 Å². The molecule has 0 aromatic heterocycles. The van der Waals surface area contributed by atoms with Gasteiger partial charge in [-0.15, -0.1) is 0 Å². The van der Waals surface area contributed by atoms with Crippen LogP contribution in [0.15, 0.2) is 40.7 Å². The van der Waals surface area contributed by atoms with E-state index in [-0.39, 0.29) is 11.5 Å². The van der Waals surface area contributed by atoms with Crippen molar-refractivity contribution < 1.29 is 24.0 Å². The maximum atomic E-state index is 12.9. The molecule has 1 N–H and O–H groups in total. The van der Waals surface area contributed by atoms with Crippen molar-refractivity contribution >= 4 is 23.1 Å². The zero-order chi connectivity index (χ0) is 22.1. The minimum absolute atomic E-state index is 0.0486. The third-order valence-electron chi connectivity index (χ3n) is 6.06. The van der Waals surface area contributed by atoms with E-state index in [0.29, 0.717) is 67.2 Å². The SMILES string of the molecule is COC(=O)C1=C(C)NC2=C(C(=O)CCC2)[C@@H]1c1ccc(N2CCOCC2)c([N+](=O)[O-])c1. The number of nitrogens with one attached hydrogen (secondary N) is 1. The molecule has 2 aliphatic heterocycles. The zero-order valence-electron chi connectivity index (χ0n) is 17.6. The van der Waals surface area contributed by atoms with Crippen molar-refractivity contribution in [3.8, 4) is 0 Å². The minimum Gasteiger partial charge on any atom is -0.466 e. The van der Waals surface area contributed by atoms with Gasteiger partial charge in [0, 0.05) is 48.5 Å². The van der Waals surface area contributed by atoms with Crippen molar-refractivity contribution in [3.63, 3.8) is 0 Å². The highest BCUT2D eigenvalue weighted by atomic mass is 16.6. The number of esters is 1. The Morgan fingerprint density at radius 1 is 1.29 bits per heavy atom. The summed E-state index contributed by atoms with van der Waals surface area (Å²) in [6, 6.07) is 4.97. The van der Waals surface area contributed by atoms with Gasteiger partial charge in [-0.05, 0) is 31.4 Å². The highest BCUT2D eigenvalue weighted by molar-refractivity contribution is 6.03. The third-order valence-corrected chi connectivity index (χ3v) is 6.06. The molecular weight excluding hydrogens is 402 g/mol. The van der Waals surface area contributed by atoms with E-state index in [9.17, 15) is 19.7 Å². The number of methoxy groups -OCH3 is 1. The lowest BCUT2D eigenvalue weighted by atomic mass is 9.75. The highest BCUT2D eigenvalue weighted by Gasteiger charge is 2.39. The third kappa shape index (κ3) is 3.81. The van der Waals surface area contributed by atoms with Crippen molar-refractivity contribution in [2.45, 2.75) is 32.1 Å². The number of dihydropyridines is 1. The number of Topliss-reactive ketones (excluding diaryl/α,β-unsaturated/α-hetero) is 1. The lowest BCUT2D eigenvalue weighted by Crippen LogP contribution is -2.36. The van der Waals surface area contributed by atoms with Gasteiger partial charge < -0.3 is 19.7 Å². The molecule has 1 saturated heterocycles. The van der Waals surface area contributed by atoms with Gasteiger partial charge in [0.15, 0.2) is 5.78 Å². The predicted molar refractivity (Wildman–Crippen MR) is 113 cm³/mol. The van der Waals surface area contributed by atoms with Crippen molar-refractivity contribution in [3.05, 3.63) is 56.4 Å². The van der Waals surface area contributed by atoms with Gasteiger partial charge in [-0.25, -0.2) is 4.79 Å². The molecule has 164 valence electrons. The summed E-state index contributed by atoms with van der Waals surface area (Å²) in [4.78, 5) is 39.0. The average molecular weight is 427 g/mol. The number of ketones is 1. The lowest BCUT2D eigenvalue weighted by molar-refractivity contribution is -0.384. The van der Waals surface area contributed by atoms with Crippen LogP contribution in [0.2, 0.25) is 0 Å². The van der Waals surface area contributed by atoms with Crippen molar-refractivity contribution in [2.24, 2.45) is 0 Å². The maximum absolute atomic E-state index is 12.9. The number of rotatable bonds is 4. The molecule has 1 aromatic rings. The molecule has 2 heterocycles. The fraction of sp³-hybridized carbons (Fsp3) is 0.455. The van der Waals surface area contributed by atoms with Crippen LogP contribution in [0.4, 0.5) is 11.4 Å². The van der Waals surface area contributed by atoms with E-state index >= 15 is 0 Å². The van der Waals surface area contributed by atoms with Gasteiger partial charge in [0.1, 0.15) is 5.69 Å². The topological polar surface area (TPSA) is 111 Å². The number of carbonyl (C=O) groups excluding carboxylic acids is 2. The van der Waals surface area contributed by atoms with Crippen LogP contribution < -0.4 is 10.2 Å². The van der Waals surface area contributed by atoms with Gasteiger partial charge in [0.05, 0.1) is 30.8 Å². The molecule has 1 atom stereocenters. The molecule has 3 aliphatic rings. The van der Waals surface area contributed by atoms with Crippen LogP contribution in [0.5, 0.6) is 0 Å². The standard InChI is InChI=1S/C22H25N3O6/c1-13-19(22(27)30-2)20(21-15(23-13)4-3-5-18(21)26)14-6-7-16(17(12-14)25(28)29)24-8-10-31-11-9-24/h6-7,12,20,23H,3-5,8-11H2,1-2H3/t20-/m1/s1.